The van der Waals surface area contributed by atoms with Gasteiger partial charge >= 0.3 is 0 Å². The lowest BCUT2D eigenvalue weighted by Gasteiger charge is -2.17. The summed E-state index contributed by atoms with van der Waals surface area (Å²) in [5.74, 6) is 0.723. The summed E-state index contributed by atoms with van der Waals surface area (Å²) in [6, 6.07) is 11.4. The van der Waals surface area contributed by atoms with E-state index in [1.54, 1.807) is 19.2 Å². The summed E-state index contributed by atoms with van der Waals surface area (Å²) < 4.78 is 25.4. The fourth-order valence-corrected chi connectivity index (χ4v) is 4.47. The summed E-state index contributed by atoms with van der Waals surface area (Å²) >= 11 is 1.81. The summed E-state index contributed by atoms with van der Waals surface area (Å²) in [4.78, 5) is 7.22. The number of nitrogens with zero attached hydrogens (tertiary/aromatic N) is 2. The SMILES string of the molecule is CN=C(NCc1ccc(S(=O)(=O)N(C)C)cc1)NC(C)Cc1ccc(C)s1. The third kappa shape index (κ3) is 6.05. The second-order valence-electron chi connectivity index (χ2n) is 6.62. The van der Waals surface area contributed by atoms with Crippen LogP contribution in [0.25, 0.3) is 0 Å². The number of aryl methyl sites for hydroxylation is 1. The van der Waals surface area contributed by atoms with E-state index in [0.29, 0.717) is 11.4 Å². The van der Waals surface area contributed by atoms with Crippen molar-refractivity contribution in [3.05, 3.63) is 51.7 Å². The third-order valence-electron chi connectivity index (χ3n) is 4.07. The Kier molecular flexibility index (Phi) is 7.41. The van der Waals surface area contributed by atoms with E-state index in [4.69, 9.17) is 0 Å². The maximum atomic E-state index is 12.1. The quantitative estimate of drug-likeness (QED) is 0.546. The molecule has 1 heterocycles. The Balaban J connectivity index is 1.90. The molecular weight excluding hydrogens is 380 g/mol. The smallest absolute Gasteiger partial charge is 0.242 e. The van der Waals surface area contributed by atoms with E-state index < -0.39 is 10.0 Å². The van der Waals surface area contributed by atoms with E-state index in [-0.39, 0.29) is 6.04 Å². The van der Waals surface area contributed by atoms with Gasteiger partial charge in [0.25, 0.3) is 0 Å². The van der Waals surface area contributed by atoms with E-state index in [9.17, 15) is 8.42 Å². The van der Waals surface area contributed by atoms with Crippen molar-refractivity contribution in [1.29, 1.82) is 0 Å². The van der Waals surface area contributed by atoms with E-state index in [0.717, 1.165) is 17.9 Å². The lowest BCUT2D eigenvalue weighted by atomic mass is 10.2. The van der Waals surface area contributed by atoms with Gasteiger partial charge in [-0.25, -0.2) is 12.7 Å². The standard InChI is InChI=1S/C19H28N4O2S2/c1-14(12-17-9-6-15(2)26-17)22-19(20-3)21-13-16-7-10-18(11-8-16)27(24,25)23(4)5/h6-11,14H,12-13H2,1-5H3,(H2,20,21,22). The van der Waals surface area contributed by atoms with Crippen LogP contribution in [0.15, 0.2) is 46.3 Å². The molecule has 0 saturated heterocycles. The van der Waals surface area contributed by atoms with Crippen LogP contribution in [0.4, 0.5) is 0 Å². The zero-order valence-corrected chi connectivity index (χ0v) is 18.1. The number of sulfonamides is 1. The average molecular weight is 409 g/mol. The Morgan fingerprint density at radius 2 is 1.85 bits per heavy atom. The molecule has 0 spiro atoms. The van der Waals surface area contributed by atoms with Crippen LogP contribution in [0.5, 0.6) is 0 Å². The van der Waals surface area contributed by atoms with Crippen molar-refractivity contribution in [2.75, 3.05) is 21.1 Å². The highest BCUT2D eigenvalue weighted by atomic mass is 32.2. The predicted octanol–water partition coefficient (Wildman–Crippen LogP) is 2.60. The van der Waals surface area contributed by atoms with Crippen molar-refractivity contribution in [3.63, 3.8) is 0 Å². The molecule has 0 fully saturated rings. The van der Waals surface area contributed by atoms with Gasteiger partial charge in [-0.2, -0.15) is 0 Å². The van der Waals surface area contributed by atoms with Crippen LogP contribution in [-0.2, 0) is 23.0 Å². The third-order valence-corrected chi connectivity index (χ3v) is 6.92. The minimum absolute atomic E-state index is 0.252. The molecule has 0 aliphatic heterocycles. The van der Waals surface area contributed by atoms with E-state index >= 15 is 0 Å². The Morgan fingerprint density at radius 3 is 2.37 bits per heavy atom. The first-order valence-electron chi connectivity index (χ1n) is 8.76. The van der Waals surface area contributed by atoms with Crippen molar-refractivity contribution >= 4 is 27.3 Å². The Bertz CT molecular complexity index is 871. The maximum absolute atomic E-state index is 12.1. The number of aliphatic imine (C=N–C) groups is 1. The Hall–Kier alpha value is -1.90. The summed E-state index contributed by atoms with van der Waals surface area (Å²) in [6.45, 7) is 4.80. The number of benzene rings is 1. The highest BCUT2D eigenvalue weighted by Gasteiger charge is 2.16. The summed E-state index contributed by atoms with van der Waals surface area (Å²) in [7, 11) is 1.40. The van der Waals surface area contributed by atoms with Crippen molar-refractivity contribution < 1.29 is 8.42 Å². The Labute approximate surface area is 166 Å². The molecule has 2 N–H and O–H groups in total. The van der Waals surface area contributed by atoms with Crippen LogP contribution in [0.2, 0.25) is 0 Å². The van der Waals surface area contributed by atoms with Crippen LogP contribution >= 0.6 is 11.3 Å². The van der Waals surface area contributed by atoms with Gasteiger partial charge in [-0.1, -0.05) is 12.1 Å². The van der Waals surface area contributed by atoms with E-state index in [2.05, 4.69) is 41.6 Å². The molecule has 6 nitrogen and oxygen atoms in total. The molecule has 2 aromatic rings. The molecule has 1 unspecified atom stereocenters. The molecule has 0 bridgehead atoms. The molecule has 0 radical (unpaired) electrons. The topological polar surface area (TPSA) is 73.8 Å². The van der Waals surface area contributed by atoms with Crippen molar-refractivity contribution in [2.45, 2.75) is 37.8 Å². The van der Waals surface area contributed by atoms with E-state index in [1.165, 1.54) is 28.2 Å². The van der Waals surface area contributed by atoms with Crippen molar-refractivity contribution in [2.24, 2.45) is 4.99 Å². The number of guanidine groups is 1. The summed E-state index contributed by atoms with van der Waals surface area (Å²) in [6.07, 6.45) is 0.941. The molecule has 148 valence electrons. The van der Waals surface area contributed by atoms with Crippen LogP contribution in [-0.4, -0.2) is 45.9 Å². The number of nitrogens with one attached hydrogen (secondary N) is 2. The van der Waals surface area contributed by atoms with Crippen molar-refractivity contribution in [1.82, 2.24) is 14.9 Å². The van der Waals surface area contributed by atoms with Crippen LogP contribution in [0.3, 0.4) is 0 Å². The van der Waals surface area contributed by atoms with Crippen LogP contribution in [0, 0.1) is 6.92 Å². The monoisotopic (exact) mass is 408 g/mol. The molecule has 0 saturated carbocycles. The summed E-state index contributed by atoms with van der Waals surface area (Å²) in [5.41, 5.74) is 0.984. The number of hydrogen-bond acceptors (Lipinski definition) is 4. The summed E-state index contributed by atoms with van der Waals surface area (Å²) in [5, 5.41) is 6.66. The second kappa shape index (κ2) is 9.34. The highest BCUT2D eigenvalue weighted by Crippen LogP contribution is 2.17. The maximum Gasteiger partial charge on any atom is 0.242 e. The first-order chi connectivity index (χ1) is 12.7. The first-order valence-corrected chi connectivity index (χ1v) is 11.0. The lowest BCUT2D eigenvalue weighted by molar-refractivity contribution is 0.520. The normalized spacial score (nSPS) is 13.6. The lowest BCUT2D eigenvalue weighted by Crippen LogP contribution is -2.42. The molecule has 1 aromatic carbocycles. The van der Waals surface area contributed by atoms with Crippen LogP contribution in [0.1, 0.15) is 22.2 Å². The number of thiophene rings is 1. The van der Waals surface area contributed by atoms with Gasteiger partial charge in [0.15, 0.2) is 5.96 Å². The zero-order valence-electron chi connectivity index (χ0n) is 16.5. The highest BCUT2D eigenvalue weighted by molar-refractivity contribution is 7.89. The number of rotatable bonds is 7. The zero-order chi connectivity index (χ0) is 20.0. The largest absolute Gasteiger partial charge is 0.354 e. The fourth-order valence-electron chi connectivity index (χ4n) is 2.55. The van der Waals surface area contributed by atoms with Gasteiger partial charge in [0.05, 0.1) is 4.90 Å². The van der Waals surface area contributed by atoms with Gasteiger partial charge in [0, 0.05) is 49.9 Å². The molecule has 27 heavy (non-hydrogen) atoms. The van der Waals surface area contributed by atoms with Gasteiger partial charge in [0.2, 0.25) is 10.0 Å². The first kappa shape index (κ1) is 21.4. The van der Waals surface area contributed by atoms with E-state index in [1.807, 2.05) is 23.5 Å². The van der Waals surface area contributed by atoms with Crippen molar-refractivity contribution in [3.8, 4) is 0 Å². The molecule has 1 aromatic heterocycles. The number of hydrogen-bond donors (Lipinski definition) is 2. The molecular formula is C19H28N4O2S2. The average Bonchev–Trinajstić information content (AvgIpc) is 3.03. The molecule has 0 amide bonds. The predicted molar refractivity (Wildman–Crippen MR) is 113 cm³/mol. The van der Waals surface area contributed by atoms with Crippen LogP contribution < -0.4 is 10.6 Å². The molecule has 0 aliphatic carbocycles. The molecule has 0 aliphatic rings. The minimum atomic E-state index is -3.40. The van der Waals surface area contributed by atoms with Gasteiger partial charge in [-0.3, -0.25) is 4.99 Å². The fraction of sp³-hybridized carbons (Fsp3) is 0.421. The van der Waals surface area contributed by atoms with Gasteiger partial charge in [-0.05, 0) is 43.7 Å². The van der Waals surface area contributed by atoms with Gasteiger partial charge < -0.3 is 10.6 Å². The molecule has 2 rings (SSSR count). The second-order valence-corrected chi connectivity index (χ2v) is 10.1. The van der Waals surface area contributed by atoms with Gasteiger partial charge in [0.1, 0.15) is 0 Å². The Morgan fingerprint density at radius 1 is 1.19 bits per heavy atom. The molecule has 1 atom stereocenters. The molecule has 8 heteroatoms. The minimum Gasteiger partial charge on any atom is -0.354 e. The van der Waals surface area contributed by atoms with Gasteiger partial charge in [-0.15, -0.1) is 11.3 Å².